The number of H-pyrrole nitrogens is 1. The maximum absolute atomic E-state index is 10.9. The van der Waals surface area contributed by atoms with Crippen LogP contribution >= 0.6 is 0 Å². The normalized spacial score (nSPS) is 11.1. The van der Waals surface area contributed by atoms with Crippen LogP contribution in [0.4, 0.5) is 0 Å². The number of aromatic amines is 1. The van der Waals surface area contributed by atoms with Crippen molar-refractivity contribution in [3.63, 3.8) is 0 Å². The third-order valence-electron chi connectivity index (χ3n) is 2.31. The first-order valence-electron chi connectivity index (χ1n) is 4.75. The summed E-state index contributed by atoms with van der Waals surface area (Å²) >= 11 is 0. The lowest BCUT2D eigenvalue weighted by Gasteiger charge is -1.88. The first-order valence-corrected chi connectivity index (χ1v) is 4.75. The van der Waals surface area contributed by atoms with Gasteiger partial charge in [-0.15, -0.1) is 0 Å². The van der Waals surface area contributed by atoms with Crippen molar-refractivity contribution >= 4 is 11.7 Å². The second-order valence-electron chi connectivity index (χ2n) is 3.56. The molecule has 86 valence electrons. The van der Waals surface area contributed by atoms with Crippen LogP contribution in [-0.2, 0) is 0 Å². The molecular weight excluding hydrogens is 226 g/mol. The van der Waals surface area contributed by atoms with Crippen molar-refractivity contribution in [1.29, 1.82) is 0 Å². The lowest BCUT2D eigenvalue weighted by molar-refractivity contribution is 0.0685. The topological polar surface area (TPSA) is 109 Å². The Labute approximate surface area is 93.9 Å². The van der Waals surface area contributed by atoms with E-state index in [9.17, 15) is 4.79 Å². The highest BCUT2D eigenvalue weighted by molar-refractivity contribution is 5.91. The van der Waals surface area contributed by atoms with Crippen LogP contribution in [0.1, 0.15) is 16.2 Å². The summed E-state index contributed by atoms with van der Waals surface area (Å²) < 4.78 is 6.16. The fourth-order valence-electron chi connectivity index (χ4n) is 1.61. The number of carboxylic acids is 1. The van der Waals surface area contributed by atoms with Gasteiger partial charge in [0.15, 0.2) is 5.69 Å². The molecule has 2 N–H and O–H groups in total. The van der Waals surface area contributed by atoms with E-state index in [-0.39, 0.29) is 11.4 Å². The smallest absolute Gasteiger partial charge is 0.360 e. The zero-order valence-electron chi connectivity index (χ0n) is 8.71. The van der Waals surface area contributed by atoms with Crippen molar-refractivity contribution in [3.8, 4) is 11.4 Å². The number of rotatable bonds is 2. The number of hydrogen-bond donors (Lipinski definition) is 2. The van der Waals surface area contributed by atoms with E-state index in [1.165, 1.54) is 0 Å². The second-order valence-corrected chi connectivity index (χ2v) is 3.56. The summed E-state index contributed by atoms with van der Waals surface area (Å²) in [6, 6.07) is 0. The molecule has 0 aromatic carbocycles. The molecule has 3 aromatic heterocycles. The zero-order valence-corrected chi connectivity index (χ0v) is 8.71. The molecule has 0 bridgehead atoms. The number of carboxylic acid groups (broad SMARTS) is 1. The highest BCUT2D eigenvalue weighted by Gasteiger charge is 2.21. The Hall–Kier alpha value is -2.64. The lowest BCUT2D eigenvalue weighted by atomic mass is 10.2. The van der Waals surface area contributed by atoms with Crippen molar-refractivity contribution in [1.82, 2.24) is 24.7 Å². The third kappa shape index (κ3) is 1.38. The first kappa shape index (κ1) is 9.58. The molecular formula is C9H7N5O3. The van der Waals surface area contributed by atoms with Crippen LogP contribution in [0.5, 0.6) is 0 Å². The van der Waals surface area contributed by atoms with Crippen LogP contribution < -0.4 is 0 Å². The minimum Gasteiger partial charge on any atom is -0.476 e. The van der Waals surface area contributed by atoms with Gasteiger partial charge in [-0.05, 0) is 17.2 Å². The van der Waals surface area contributed by atoms with Gasteiger partial charge >= 0.3 is 5.97 Å². The SMILES string of the molecule is Cc1cn2cc(-c3nonc3C(=O)O)nc2[nH]1. The largest absolute Gasteiger partial charge is 0.476 e. The van der Waals surface area contributed by atoms with Gasteiger partial charge in [0.25, 0.3) is 0 Å². The molecule has 8 heteroatoms. The highest BCUT2D eigenvalue weighted by atomic mass is 16.6. The maximum atomic E-state index is 10.9. The molecule has 0 amide bonds. The summed E-state index contributed by atoms with van der Waals surface area (Å²) in [6.45, 7) is 1.90. The predicted molar refractivity (Wildman–Crippen MR) is 54.5 cm³/mol. The van der Waals surface area contributed by atoms with Crippen molar-refractivity contribution in [2.45, 2.75) is 6.92 Å². The monoisotopic (exact) mass is 233 g/mol. The van der Waals surface area contributed by atoms with Crippen molar-refractivity contribution in [2.24, 2.45) is 0 Å². The zero-order chi connectivity index (χ0) is 12.0. The van der Waals surface area contributed by atoms with Gasteiger partial charge in [0, 0.05) is 18.1 Å². The Morgan fingerprint density at radius 2 is 2.29 bits per heavy atom. The fraction of sp³-hybridized carbons (Fsp3) is 0.111. The summed E-state index contributed by atoms with van der Waals surface area (Å²) in [5.41, 5.74) is 1.22. The number of nitrogens with one attached hydrogen (secondary N) is 1. The molecule has 3 rings (SSSR count). The number of aryl methyl sites for hydroxylation is 1. The molecule has 3 heterocycles. The van der Waals surface area contributed by atoms with Crippen LogP contribution in [0.15, 0.2) is 17.0 Å². The molecule has 0 atom stereocenters. The maximum Gasteiger partial charge on any atom is 0.360 e. The quantitative estimate of drug-likeness (QED) is 0.674. The molecule has 17 heavy (non-hydrogen) atoms. The van der Waals surface area contributed by atoms with Crippen molar-refractivity contribution in [2.75, 3.05) is 0 Å². The van der Waals surface area contributed by atoms with E-state index in [0.29, 0.717) is 11.5 Å². The van der Waals surface area contributed by atoms with Crippen LogP contribution in [0, 0.1) is 6.92 Å². The van der Waals surface area contributed by atoms with E-state index < -0.39 is 5.97 Å². The Bertz CT molecular complexity index is 676. The summed E-state index contributed by atoms with van der Waals surface area (Å²) in [5, 5.41) is 15.7. The van der Waals surface area contributed by atoms with Gasteiger partial charge in [0.05, 0.1) is 0 Å². The van der Waals surface area contributed by atoms with E-state index in [2.05, 4.69) is 24.9 Å². The van der Waals surface area contributed by atoms with Gasteiger partial charge in [0.2, 0.25) is 11.5 Å². The van der Waals surface area contributed by atoms with Crippen molar-refractivity contribution < 1.29 is 14.5 Å². The fourth-order valence-corrected chi connectivity index (χ4v) is 1.61. The number of hydrogen-bond acceptors (Lipinski definition) is 5. The Morgan fingerprint density at radius 1 is 1.47 bits per heavy atom. The molecule has 0 aliphatic rings. The van der Waals surface area contributed by atoms with Gasteiger partial charge in [-0.25, -0.2) is 14.4 Å². The van der Waals surface area contributed by atoms with E-state index in [4.69, 9.17) is 5.11 Å². The molecule has 0 saturated carbocycles. The standard InChI is InChI=1S/C9H7N5O3/c1-4-2-14-3-5(11-9(14)10-4)6-7(8(15)16)13-17-12-6/h2-3H,1H3,(H,10,11)(H,15,16). The Morgan fingerprint density at radius 3 is 3.00 bits per heavy atom. The number of aromatic carboxylic acids is 1. The van der Waals surface area contributed by atoms with Crippen LogP contribution in [0.25, 0.3) is 17.2 Å². The molecule has 0 fully saturated rings. The molecule has 0 aliphatic heterocycles. The lowest BCUT2D eigenvalue weighted by Crippen LogP contribution is -1.99. The van der Waals surface area contributed by atoms with Gasteiger partial charge in [-0.1, -0.05) is 0 Å². The number of carbonyl (C=O) groups is 1. The molecule has 3 aromatic rings. The summed E-state index contributed by atoms with van der Waals surface area (Å²) in [4.78, 5) is 18.1. The predicted octanol–water partition coefficient (Wildman–Crippen LogP) is 0.719. The van der Waals surface area contributed by atoms with E-state index in [1.807, 2.05) is 13.1 Å². The molecule has 0 aliphatic carbocycles. The van der Waals surface area contributed by atoms with Gasteiger partial charge in [-0.2, -0.15) is 0 Å². The van der Waals surface area contributed by atoms with E-state index in [0.717, 1.165) is 5.69 Å². The van der Waals surface area contributed by atoms with Gasteiger partial charge in [0.1, 0.15) is 5.69 Å². The number of nitrogens with zero attached hydrogens (tertiary/aromatic N) is 4. The second kappa shape index (κ2) is 3.17. The molecule has 0 unspecified atom stereocenters. The summed E-state index contributed by atoms with van der Waals surface area (Å²) in [6.07, 6.45) is 3.49. The van der Waals surface area contributed by atoms with Gasteiger partial charge in [-0.3, -0.25) is 4.40 Å². The highest BCUT2D eigenvalue weighted by Crippen LogP contribution is 2.20. The average molecular weight is 233 g/mol. The third-order valence-corrected chi connectivity index (χ3v) is 2.31. The number of fused-ring (bicyclic) bond motifs is 1. The molecule has 8 nitrogen and oxygen atoms in total. The van der Waals surface area contributed by atoms with Crippen molar-refractivity contribution in [3.05, 3.63) is 23.8 Å². The Kier molecular flexibility index (Phi) is 1.79. The average Bonchev–Trinajstić information content (AvgIpc) is 2.87. The minimum atomic E-state index is -1.20. The van der Waals surface area contributed by atoms with Gasteiger partial charge < -0.3 is 10.1 Å². The Balaban J connectivity index is 2.16. The molecule has 0 saturated heterocycles. The molecule has 0 spiro atoms. The number of imidazole rings is 2. The first-order chi connectivity index (χ1) is 8.15. The number of aromatic nitrogens is 5. The van der Waals surface area contributed by atoms with E-state index in [1.54, 1.807) is 10.6 Å². The molecule has 0 radical (unpaired) electrons. The van der Waals surface area contributed by atoms with Crippen LogP contribution in [-0.4, -0.2) is 35.8 Å². The van der Waals surface area contributed by atoms with Crippen LogP contribution in [0.2, 0.25) is 0 Å². The van der Waals surface area contributed by atoms with E-state index >= 15 is 0 Å². The summed E-state index contributed by atoms with van der Waals surface area (Å²) in [5.74, 6) is -0.592. The van der Waals surface area contributed by atoms with Crippen LogP contribution in [0.3, 0.4) is 0 Å². The minimum absolute atomic E-state index is 0.118. The summed E-state index contributed by atoms with van der Waals surface area (Å²) in [7, 11) is 0.